The molecule has 7 heteroatoms. The molecule has 0 saturated carbocycles. The van der Waals surface area contributed by atoms with Crippen molar-refractivity contribution in [2.24, 2.45) is 15.2 Å². The molecule has 6 nitrogen and oxygen atoms in total. The number of allylic oxidation sites excluding steroid dienone is 2. The van der Waals surface area contributed by atoms with E-state index in [0.717, 1.165) is 5.75 Å². The summed E-state index contributed by atoms with van der Waals surface area (Å²) in [6, 6.07) is 6.75. The maximum atomic E-state index is 11.4. The second-order valence-electron chi connectivity index (χ2n) is 4.43. The lowest BCUT2D eigenvalue weighted by molar-refractivity contribution is -0.113. The average molecular weight is 333 g/mol. The van der Waals surface area contributed by atoms with Crippen LogP contribution in [0, 0.1) is 0 Å². The number of hydrogen-bond acceptors (Lipinski definition) is 6. The highest BCUT2D eigenvalue weighted by molar-refractivity contribution is 8.13. The smallest absolute Gasteiger partial charge is 0.208 e. The Morgan fingerprint density at radius 2 is 2.00 bits per heavy atom. The van der Waals surface area contributed by atoms with Gasteiger partial charge in [-0.2, -0.15) is 5.10 Å². The second-order valence-corrected chi connectivity index (χ2v) is 5.66. The van der Waals surface area contributed by atoms with E-state index in [1.54, 1.807) is 24.3 Å². The van der Waals surface area contributed by atoms with Gasteiger partial charge in [-0.1, -0.05) is 30.8 Å². The first-order valence-electron chi connectivity index (χ1n) is 6.92. The van der Waals surface area contributed by atoms with Crippen LogP contribution >= 0.6 is 11.8 Å². The fourth-order valence-electron chi connectivity index (χ4n) is 1.52. The summed E-state index contributed by atoms with van der Waals surface area (Å²) < 4.78 is 0. The van der Waals surface area contributed by atoms with Gasteiger partial charge >= 0.3 is 0 Å². The summed E-state index contributed by atoms with van der Waals surface area (Å²) in [5.41, 5.74) is 0.663. The van der Waals surface area contributed by atoms with Crippen LogP contribution in [0.3, 0.4) is 0 Å². The Labute approximate surface area is 139 Å². The van der Waals surface area contributed by atoms with Crippen LogP contribution in [-0.2, 0) is 4.79 Å². The highest BCUT2D eigenvalue weighted by Crippen LogP contribution is 2.13. The number of aromatic hydroxyl groups is 1. The van der Waals surface area contributed by atoms with Gasteiger partial charge in [0.2, 0.25) is 5.17 Å². The fraction of sp³-hybridized carbons (Fsp3) is 0.250. The third kappa shape index (κ3) is 6.48. The largest absolute Gasteiger partial charge is 0.512 e. The van der Waals surface area contributed by atoms with Crippen LogP contribution in [0.15, 0.2) is 50.8 Å². The van der Waals surface area contributed by atoms with Crippen LogP contribution in [-0.4, -0.2) is 39.3 Å². The predicted octanol–water partition coefficient (Wildman–Crippen LogP) is 3.33. The molecule has 122 valence electrons. The molecule has 0 unspecified atom stereocenters. The Kier molecular flexibility index (Phi) is 7.76. The first-order chi connectivity index (χ1) is 11.0. The molecule has 0 aliphatic rings. The van der Waals surface area contributed by atoms with Gasteiger partial charge in [0.25, 0.3) is 0 Å². The number of phenols is 1. The van der Waals surface area contributed by atoms with E-state index in [2.05, 4.69) is 15.2 Å². The minimum Gasteiger partial charge on any atom is -0.512 e. The van der Waals surface area contributed by atoms with Crippen LogP contribution in [0.5, 0.6) is 5.75 Å². The van der Waals surface area contributed by atoms with Crippen molar-refractivity contribution in [2.45, 2.75) is 20.8 Å². The van der Waals surface area contributed by atoms with E-state index in [9.17, 15) is 15.0 Å². The van der Waals surface area contributed by atoms with Crippen LogP contribution in [0.4, 0.5) is 0 Å². The summed E-state index contributed by atoms with van der Waals surface area (Å²) in [5, 5.41) is 27.3. The molecular formula is C16H19N3O3S. The zero-order valence-corrected chi connectivity index (χ0v) is 14.0. The van der Waals surface area contributed by atoms with Gasteiger partial charge in [0, 0.05) is 11.8 Å². The SMILES string of the molecule is CCS/C(N=CC(C(C)=O)=C(C)O)=N/N=Cc1ccccc1O. The molecule has 0 saturated heterocycles. The van der Waals surface area contributed by atoms with Gasteiger partial charge in [-0.3, -0.25) is 4.79 Å². The molecule has 0 heterocycles. The first kappa shape index (κ1) is 18.6. The Balaban J connectivity index is 2.96. The van der Waals surface area contributed by atoms with Crippen molar-refractivity contribution in [3.8, 4) is 5.75 Å². The van der Waals surface area contributed by atoms with Crippen molar-refractivity contribution < 1.29 is 15.0 Å². The molecular weight excluding hydrogens is 314 g/mol. The maximum absolute atomic E-state index is 11.4. The third-order valence-electron chi connectivity index (χ3n) is 2.62. The summed E-state index contributed by atoms with van der Waals surface area (Å²) in [5.74, 6) is 0.448. The van der Waals surface area contributed by atoms with Gasteiger partial charge in [0.05, 0.1) is 11.8 Å². The molecule has 0 radical (unpaired) electrons. The van der Waals surface area contributed by atoms with Gasteiger partial charge < -0.3 is 10.2 Å². The number of aliphatic hydroxyl groups is 1. The highest BCUT2D eigenvalue weighted by Gasteiger charge is 2.05. The molecule has 1 aromatic carbocycles. The molecule has 1 aromatic rings. The molecule has 0 aliphatic heterocycles. The standard InChI is InChI=1S/C16H19N3O3S/c1-4-23-16(17-10-14(11(2)20)12(3)21)19-18-9-13-7-5-6-8-15(13)22/h5-10,20,22H,4H2,1-3H3/b14-11?,17-10?,18-9?,19-16+. The number of para-hydroxylation sites is 1. The number of thioether (sulfide) groups is 1. The van der Waals surface area contributed by atoms with E-state index in [1.165, 1.54) is 38.0 Å². The Morgan fingerprint density at radius 3 is 2.57 bits per heavy atom. The van der Waals surface area contributed by atoms with Gasteiger partial charge in [-0.25, -0.2) is 4.99 Å². The Bertz CT molecular complexity index is 675. The normalized spacial score (nSPS) is 13.6. The topological polar surface area (TPSA) is 94.6 Å². The molecule has 0 atom stereocenters. The summed E-state index contributed by atoms with van der Waals surface area (Å²) in [6.45, 7) is 4.70. The fourth-order valence-corrected chi connectivity index (χ4v) is 2.01. The molecule has 0 amide bonds. The van der Waals surface area contributed by atoms with Crippen molar-refractivity contribution in [3.05, 3.63) is 41.2 Å². The maximum Gasteiger partial charge on any atom is 0.208 e. The minimum absolute atomic E-state index is 0.0974. The zero-order valence-electron chi connectivity index (χ0n) is 13.2. The highest BCUT2D eigenvalue weighted by atomic mass is 32.2. The molecule has 0 fully saturated rings. The van der Waals surface area contributed by atoms with E-state index in [4.69, 9.17) is 0 Å². The summed E-state index contributed by atoms with van der Waals surface area (Å²) in [6.07, 6.45) is 2.69. The number of carbonyl (C=O) groups is 1. The van der Waals surface area contributed by atoms with Crippen molar-refractivity contribution >= 4 is 35.1 Å². The number of rotatable bonds is 5. The van der Waals surface area contributed by atoms with E-state index in [0.29, 0.717) is 10.7 Å². The number of phenolic OH excluding ortho intramolecular Hbond substituents is 1. The van der Waals surface area contributed by atoms with E-state index >= 15 is 0 Å². The number of benzene rings is 1. The van der Waals surface area contributed by atoms with E-state index in [1.807, 2.05) is 6.92 Å². The van der Waals surface area contributed by atoms with Gasteiger partial charge in [0.1, 0.15) is 11.5 Å². The van der Waals surface area contributed by atoms with Crippen molar-refractivity contribution in [1.82, 2.24) is 0 Å². The molecule has 0 spiro atoms. The average Bonchev–Trinajstić information content (AvgIpc) is 2.48. The summed E-state index contributed by atoms with van der Waals surface area (Å²) >= 11 is 1.34. The molecule has 23 heavy (non-hydrogen) atoms. The number of nitrogens with zero attached hydrogens (tertiary/aromatic N) is 3. The third-order valence-corrected chi connectivity index (χ3v) is 3.36. The quantitative estimate of drug-likeness (QED) is 0.284. The van der Waals surface area contributed by atoms with Crippen molar-refractivity contribution in [3.63, 3.8) is 0 Å². The van der Waals surface area contributed by atoms with Crippen LogP contribution in [0.2, 0.25) is 0 Å². The first-order valence-corrected chi connectivity index (χ1v) is 7.91. The molecule has 0 aliphatic carbocycles. The van der Waals surface area contributed by atoms with Gasteiger partial charge in [0.15, 0.2) is 5.78 Å². The number of aliphatic hydroxyl groups excluding tert-OH is 1. The van der Waals surface area contributed by atoms with Crippen LogP contribution in [0.25, 0.3) is 0 Å². The van der Waals surface area contributed by atoms with Gasteiger partial charge in [-0.15, -0.1) is 5.10 Å². The summed E-state index contributed by atoms with van der Waals surface area (Å²) in [7, 11) is 0. The van der Waals surface area contributed by atoms with Crippen molar-refractivity contribution in [2.75, 3.05) is 5.75 Å². The lowest BCUT2D eigenvalue weighted by Gasteiger charge is -1.99. The second kappa shape index (κ2) is 9.58. The monoisotopic (exact) mass is 333 g/mol. The summed E-state index contributed by atoms with van der Waals surface area (Å²) in [4.78, 5) is 15.5. The molecule has 0 bridgehead atoms. The zero-order chi connectivity index (χ0) is 17.2. The number of hydrogen-bond donors (Lipinski definition) is 2. The molecule has 2 N–H and O–H groups in total. The number of ketones is 1. The Hall–Kier alpha value is -2.41. The minimum atomic E-state index is -0.285. The molecule has 0 aromatic heterocycles. The van der Waals surface area contributed by atoms with Gasteiger partial charge in [-0.05, 0) is 31.7 Å². The van der Waals surface area contributed by atoms with E-state index < -0.39 is 0 Å². The van der Waals surface area contributed by atoms with E-state index in [-0.39, 0.29) is 22.9 Å². The lowest BCUT2D eigenvalue weighted by Crippen LogP contribution is -2.03. The predicted molar refractivity (Wildman–Crippen MR) is 95.8 cm³/mol. The number of amidine groups is 1. The number of aliphatic imine (C=N–C) groups is 1. The molecule has 1 rings (SSSR count). The number of Topliss-reactive ketones (excluding diaryl/α,β-unsaturated/α-hetero) is 1. The van der Waals surface area contributed by atoms with Crippen molar-refractivity contribution in [1.29, 1.82) is 0 Å². The lowest BCUT2D eigenvalue weighted by atomic mass is 10.2. The van der Waals surface area contributed by atoms with Crippen LogP contribution in [0.1, 0.15) is 26.3 Å². The van der Waals surface area contributed by atoms with Crippen LogP contribution < -0.4 is 0 Å². The number of carbonyl (C=O) groups excluding carboxylic acids is 1. The Morgan fingerprint density at radius 1 is 1.30 bits per heavy atom.